The summed E-state index contributed by atoms with van der Waals surface area (Å²) < 4.78 is 16.2. The van der Waals surface area contributed by atoms with Crippen molar-refractivity contribution >= 4 is 40.4 Å². The van der Waals surface area contributed by atoms with Crippen LogP contribution in [0.15, 0.2) is 28.8 Å². The van der Waals surface area contributed by atoms with E-state index in [9.17, 15) is 4.79 Å². The number of nitrogens with zero attached hydrogens (tertiary/aromatic N) is 4. The highest BCUT2D eigenvalue weighted by Gasteiger charge is 2.21. The van der Waals surface area contributed by atoms with Crippen molar-refractivity contribution < 1.29 is 18.7 Å². The van der Waals surface area contributed by atoms with Crippen molar-refractivity contribution in [1.82, 2.24) is 15.0 Å². The van der Waals surface area contributed by atoms with E-state index in [0.29, 0.717) is 55.1 Å². The fraction of sp³-hybridized carbons (Fsp3) is 0.294. The molecule has 0 spiro atoms. The van der Waals surface area contributed by atoms with Crippen LogP contribution in [0.4, 0.5) is 11.7 Å². The average molecular weight is 390 g/mol. The number of hydrogen-bond acceptors (Lipinski definition) is 8. The molecule has 4 rings (SSSR count). The van der Waals surface area contributed by atoms with Gasteiger partial charge in [-0.15, -0.1) is 0 Å². The first-order valence-electron chi connectivity index (χ1n) is 8.26. The monoisotopic (exact) mass is 389 g/mol. The minimum atomic E-state index is -0.454. The third-order valence-corrected chi connectivity index (χ3v) is 4.35. The van der Waals surface area contributed by atoms with Crippen molar-refractivity contribution in [2.24, 2.45) is 0 Å². The van der Waals surface area contributed by atoms with E-state index in [0.717, 1.165) is 0 Å². The number of hydrogen-bond donors (Lipinski definition) is 1. The van der Waals surface area contributed by atoms with Crippen LogP contribution in [0, 0.1) is 0 Å². The van der Waals surface area contributed by atoms with Gasteiger partial charge < -0.3 is 24.1 Å². The number of morpholine rings is 1. The van der Waals surface area contributed by atoms with Crippen molar-refractivity contribution in [3.8, 4) is 5.88 Å². The topological polar surface area (TPSA) is 103 Å². The lowest BCUT2D eigenvalue weighted by Gasteiger charge is -2.24. The van der Waals surface area contributed by atoms with E-state index in [4.69, 9.17) is 25.5 Å². The minimum absolute atomic E-state index is 0.0321. The Morgan fingerprint density at radius 2 is 2.15 bits per heavy atom. The van der Waals surface area contributed by atoms with Gasteiger partial charge in [0.25, 0.3) is 11.9 Å². The second-order valence-electron chi connectivity index (χ2n) is 5.76. The standard InChI is InChI=1S/C17H16ClN5O4/c1-25-16-11(3-2-4-19-16)20-15(24)10-9-12-14(21-13(10)18)22-17(27-12)23-5-7-26-8-6-23/h2-4,9H,5-8H2,1H3,(H,20,24). The minimum Gasteiger partial charge on any atom is -0.480 e. The molecular formula is C17H16ClN5O4. The zero-order valence-corrected chi connectivity index (χ0v) is 15.2. The van der Waals surface area contributed by atoms with Crippen LogP contribution in [0.2, 0.25) is 5.15 Å². The van der Waals surface area contributed by atoms with Gasteiger partial charge in [-0.25, -0.2) is 9.97 Å². The number of carbonyl (C=O) groups is 1. The number of oxazole rings is 1. The molecule has 0 atom stereocenters. The van der Waals surface area contributed by atoms with Crippen LogP contribution >= 0.6 is 11.6 Å². The molecule has 0 unspecified atom stereocenters. The number of halogens is 1. The van der Waals surface area contributed by atoms with Gasteiger partial charge in [0.1, 0.15) is 10.8 Å². The van der Waals surface area contributed by atoms with Gasteiger partial charge in [0.2, 0.25) is 11.5 Å². The molecule has 3 aromatic heterocycles. The first-order chi connectivity index (χ1) is 13.2. The summed E-state index contributed by atoms with van der Waals surface area (Å²) in [5, 5.41) is 2.75. The van der Waals surface area contributed by atoms with E-state index in [1.807, 2.05) is 4.90 Å². The maximum atomic E-state index is 12.6. The maximum absolute atomic E-state index is 12.6. The van der Waals surface area contributed by atoms with Gasteiger partial charge in [0.15, 0.2) is 5.58 Å². The lowest BCUT2D eigenvalue weighted by molar-refractivity contribution is 0.102. The SMILES string of the molecule is COc1ncccc1NC(=O)c1cc2oc(N3CCOCC3)nc2nc1Cl. The Morgan fingerprint density at radius 1 is 1.33 bits per heavy atom. The summed E-state index contributed by atoms with van der Waals surface area (Å²) in [6, 6.07) is 5.32. The maximum Gasteiger partial charge on any atom is 0.300 e. The highest BCUT2D eigenvalue weighted by Crippen LogP contribution is 2.27. The molecule has 0 aromatic carbocycles. The summed E-state index contributed by atoms with van der Waals surface area (Å²) >= 11 is 6.20. The Labute approximate surface area is 159 Å². The molecule has 3 aromatic rings. The van der Waals surface area contributed by atoms with Gasteiger partial charge in [-0.05, 0) is 12.1 Å². The van der Waals surface area contributed by atoms with Gasteiger partial charge in [-0.2, -0.15) is 4.98 Å². The number of aromatic nitrogens is 3. The van der Waals surface area contributed by atoms with Crippen molar-refractivity contribution in [3.05, 3.63) is 35.1 Å². The zero-order chi connectivity index (χ0) is 18.8. The molecule has 1 fully saturated rings. The highest BCUT2D eigenvalue weighted by molar-refractivity contribution is 6.33. The number of amides is 1. The molecule has 1 amide bonds. The van der Waals surface area contributed by atoms with Crippen molar-refractivity contribution in [2.45, 2.75) is 0 Å². The van der Waals surface area contributed by atoms with E-state index in [-0.39, 0.29) is 10.7 Å². The summed E-state index contributed by atoms with van der Waals surface area (Å²) in [5.41, 5.74) is 1.31. The first-order valence-corrected chi connectivity index (χ1v) is 8.63. The fourth-order valence-electron chi connectivity index (χ4n) is 2.72. The van der Waals surface area contributed by atoms with Gasteiger partial charge in [0, 0.05) is 25.4 Å². The Balaban J connectivity index is 1.63. The average Bonchev–Trinajstić information content (AvgIpc) is 3.11. The summed E-state index contributed by atoms with van der Waals surface area (Å²) in [6.45, 7) is 2.56. The lowest BCUT2D eigenvalue weighted by Crippen LogP contribution is -2.36. The van der Waals surface area contributed by atoms with Gasteiger partial charge >= 0.3 is 0 Å². The molecule has 1 N–H and O–H groups in total. The third-order valence-electron chi connectivity index (χ3n) is 4.06. The van der Waals surface area contributed by atoms with Gasteiger partial charge in [0.05, 0.1) is 25.9 Å². The van der Waals surface area contributed by atoms with Crippen LogP contribution in [-0.4, -0.2) is 54.3 Å². The Morgan fingerprint density at radius 3 is 2.93 bits per heavy atom. The third kappa shape index (κ3) is 3.51. The molecule has 0 bridgehead atoms. The number of pyridine rings is 2. The van der Waals surface area contributed by atoms with Crippen LogP contribution in [0.25, 0.3) is 11.2 Å². The molecule has 0 saturated carbocycles. The summed E-state index contributed by atoms with van der Waals surface area (Å²) in [7, 11) is 1.47. The molecule has 1 aliphatic heterocycles. The van der Waals surface area contributed by atoms with E-state index >= 15 is 0 Å². The van der Waals surface area contributed by atoms with Crippen LogP contribution in [0.1, 0.15) is 10.4 Å². The molecular weight excluding hydrogens is 374 g/mol. The molecule has 140 valence electrons. The van der Waals surface area contributed by atoms with E-state index in [2.05, 4.69) is 20.3 Å². The summed E-state index contributed by atoms with van der Waals surface area (Å²) in [5.74, 6) is -0.157. The number of fused-ring (bicyclic) bond motifs is 1. The number of rotatable bonds is 4. The van der Waals surface area contributed by atoms with E-state index in [1.165, 1.54) is 13.2 Å². The first kappa shape index (κ1) is 17.5. The second-order valence-corrected chi connectivity index (χ2v) is 6.12. The fourth-order valence-corrected chi connectivity index (χ4v) is 2.94. The van der Waals surface area contributed by atoms with Crippen molar-refractivity contribution in [1.29, 1.82) is 0 Å². The molecule has 0 radical (unpaired) electrons. The Hall–Kier alpha value is -2.91. The van der Waals surface area contributed by atoms with Gasteiger partial charge in [-0.1, -0.05) is 11.6 Å². The van der Waals surface area contributed by atoms with Crippen LogP contribution in [0.3, 0.4) is 0 Å². The predicted molar refractivity (Wildman–Crippen MR) is 98.6 cm³/mol. The number of carbonyl (C=O) groups excluding carboxylic acids is 1. The summed E-state index contributed by atoms with van der Waals surface area (Å²) in [6.07, 6.45) is 1.57. The van der Waals surface area contributed by atoms with Crippen LogP contribution in [0.5, 0.6) is 5.88 Å². The second kappa shape index (κ2) is 7.37. The molecule has 4 heterocycles. The Bertz CT molecular complexity index is 987. The number of anilines is 2. The van der Waals surface area contributed by atoms with Crippen molar-refractivity contribution in [2.75, 3.05) is 43.6 Å². The largest absolute Gasteiger partial charge is 0.480 e. The molecule has 9 nitrogen and oxygen atoms in total. The van der Waals surface area contributed by atoms with Crippen LogP contribution < -0.4 is 15.0 Å². The number of ether oxygens (including phenoxy) is 2. The number of methoxy groups -OCH3 is 1. The quantitative estimate of drug-likeness (QED) is 0.678. The van der Waals surface area contributed by atoms with E-state index in [1.54, 1.807) is 18.3 Å². The Kier molecular flexibility index (Phi) is 4.78. The lowest BCUT2D eigenvalue weighted by atomic mass is 10.2. The zero-order valence-electron chi connectivity index (χ0n) is 14.4. The molecule has 10 heteroatoms. The van der Waals surface area contributed by atoms with Gasteiger partial charge in [-0.3, -0.25) is 4.79 Å². The highest BCUT2D eigenvalue weighted by atomic mass is 35.5. The molecule has 27 heavy (non-hydrogen) atoms. The molecule has 0 aliphatic carbocycles. The predicted octanol–water partition coefficient (Wildman–Crippen LogP) is 2.37. The molecule has 1 aliphatic rings. The normalized spacial score (nSPS) is 14.4. The van der Waals surface area contributed by atoms with Crippen LogP contribution in [-0.2, 0) is 4.74 Å². The van der Waals surface area contributed by atoms with Crippen molar-refractivity contribution in [3.63, 3.8) is 0 Å². The number of nitrogens with one attached hydrogen (secondary N) is 1. The van der Waals surface area contributed by atoms with E-state index < -0.39 is 5.91 Å². The smallest absolute Gasteiger partial charge is 0.300 e. The molecule has 1 saturated heterocycles. The summed E-state index contributed by atoms with van der Waals surface area (Å²) in [4.78, 5) is 27.2.